The summed E-state index contributed by atoms with van der Waals surface area (Å²) < 4.78 is 0. The first-order chi connectivity index (χ1) is 26.7. The lowest BCUT2D eigenvalue weighted by molar-refractivity contribution is -0.0193. The van der Waals surface area contributed by atoms with Crippen molar-refractivity contribution in [3.63, 3.8) is 0 Å². The molecule has 12 rings (SSSR count). The molecule has 7 aromatic rings. The van der Waals surface area contributed by atoms with Crippen LogP contribution in [0.1, 0.15) is 43.2 Å². The zero-order chi connectivity index (χ0) is 35.4. The molecule has 5 aliphatic carbocycles. The Morgan fingerprint density at radius 2 is 1.04 bits per heavy atom. The summed E-state index contributed by atoms with van der Waals surface area (Å²) in [5.41, 5.74) is 17.8. The van der Waals surface area contributed by atoms with Crippen LogP contribution in [0.25, 0.3) is 44.5 Å². The summed E-state index contributed by atoms with van der Waals surface area (Å²) in [5, 5.41) is 0. The molecule has 0 aliphatic heterocycles. The second-order valence-corrected chi connectivity index (χ2v) is 17.0. The normalized spacial score (nSPS) is 26.3. The fourth-order valence-electron chi connectivity index (χ4n) is 12.9. The van der Waals surface area contributed by atoms with Crippen LogP contribution in [0.5, 0.6) is 0 Å². The summed E-state index contributed by atoms with van der Waals surface area (Å²) in [6, 6.07) is 65.9. The van der Waals surface area contributed by atoms with Gasteiger partial charge in [-0.3, -0.25) is 0 Å². The van der Waals surface area contributed by atoms with Gasteiger partial charge in [0, 0.05) is 22.4 Å². The lowest BCUT2D eigenvalue weighted by atomic mass is 9.49. The van der Waals surface area contributed by atoms with Crippen LogP contribution in [0.4, 0.5) is 17.1 Å². The van der Waals surface area contributed by atoms with E-state index < -0.39 is 0 Å². The van der Waals surface area contributed by atoms with E-state index in [0.29, 0.717) is 5.41 Å². The number of hydrogen-bond acceptors (Lipinski definition) is 1. The highest BCUT2D eigenvalue weighted by molar-refractivity contribution is 5.94. The van der Waals surface area contributed by atoms with Gasteiger partial charge in [-0.25, -0.2) is 0 Å². The van der Waals surface area contributed by atoms with Crippen molar-refractivity contribution in [1.82, 2.24) is 0 Å². The molecule has 6 unspecified atom stereocenters. The van der Waals surface area contributed by atoms with Gasteiger partial charge in [-0.05, 0) is 148 Å². The average Bonchev–Trinajstić information content (AvgIpc) is 3.69. The van der Waals surface area contributed by atoms with Crippen molar-refractivity contribution in [1.29, 1.82) is 0 Å². The molecule has 0 radical (unpaired) electrons. The van der Waals surface area contributed by atoms with E-state index in [1.807, 2.05) is 0 Å². The van der Waals surface area contributed by atoms with E-state index in [1.165, 1.54) is 88.0 Å². The second kappa shape index (κ2) is 11.4. The minimum Gasteiger partial charge on any atom is -0.310 e. The van der Waals surface area contributed by atoms with E-state index in [0.717, 1.165) is 29.4 Å². The number of fused-ring (bicyclic) bond motifs is 9. The van der Waals surface area contributed by atoms with Crippen LogP contribution in [0.2, 0.25) is 0 Å². The average molecular weight is 694 g/mol. The van der Waals surface area contributed by atoms with E-state index in [-0.39, 0.29) is 5.41 Å². The summed E-state index contributed by atoms with van der Waals surface area (Å²) >= 11 is 0. The smallest absolute Gasteiger partial charge is 0.0540 e. The van der Waals surface area contributed by atoms with Gasteiger partial charge in [0.25, 0.3) is 0 Å². The number of anilines is 3. The second-order valence-electron chi connectivity index (χ2n) is 17.0. The first kappa shape index (κ1) is 30.8. The standard InChI is InChI=1S/C53H43N/c1-4-13-36(14-5-1)39-19-12-20-43(29-39)54(50-26-23-40(37-15-6-2-7-16-37)30-46(50)38-17-8-3-9-18-38)44-24-25-49-47(32-44)45-21-10-11-22-48(45)53(49)42-28-35-27-41-31-51(53)52(41,33-35)34-42/h1-26,29-30,32,35,41-42,51H,27-28,31,33-34H2. The predicted octanol–water partition coefficient (Wildman–Crippen LogP) is 13.9. The summed E-state index contributed by atoms with van der Waals surface area (Å²) in [5.74, 6) is 3.46. The Morgan fingerprint density at radius 1 is 0.407 bits per heavy atom. The molecule has 54 heavy (non-hydrogen) atoms. The van der Waals surface area contributed by atoms with Gasteiger partial charge in [-0.15, -0.1) is 0 Å². The Morgan fingerprint density at radius 3 is 1.81 bits per heavy atom. The van der Waals surface area contributed by atoms with Gasteiger partial charge in [-0.1, -0.05) is 140 Å². The lowest BCUT2D eigenvalue weighted by Crippen LogP contribution is -2.50. The van der Waals surface area contributed by atoms with Gasteiger partial charge in [0.1, 0.15) is 0 Å². The van der Waals surface area contributed by atoms with E-state index in [9.17, 15) is 0 Å². The molecule has 7 aromatic carbocycles. The number of nitrogens with zero attached hydrogens (tertiary/aromatic N) is 1. The molecule has 4 saturated carbocycles. The molecule has 2 spiro atoms. The fraction of sp³-hybridized carbons (Fsp3) is 0.208. The Kier molecular flexibility index (Phi) is 6.51. The summed E-state index contributed by atoms with van der Waals surface area (Å²) in [6.45, 7) is 0. The summed E-state index contributed by atoms with van der Waals surface area (Å²) in [7, 11) is 0. The molecular weight excluding hydrogens is 651 g/mol. The topological polar surface area (TPSA) is 3.24 Å². The van der Waals surface area contributed by atoms with Crippen molar-refractivity contribution >= 4 is 17.1 Å². The fourth-order valence-corrected chi connectivity index (χ4v) is 12.9. The van der Waals surface area contributed by atoms with Crippen molar-refractivity contribution < 1.29 is 0 Å². The highest BCUT2D eigenvalue weighted by atomic mass is 15.1. The van der Waals surface area contributed by atoms with Crippen molar-refractivity contribution in [3.05, 3.63) is 187 Å². The van der Waals surface area contributed by atoms with Crippen LogP contribution in [0, 0.1) is 29.1 Å². The molecule has 0 amide bonds. The number of benzene rings is 7. The molecule has 3 bridgehead atoms. The van der Waals surface area contributed by atoms with Crippen molar-refractivity contribution in [3.8, 4) is 44.5 Å². The molecule has 0 heterocycles. The maximum Gasteiger partial charge on any atom is 0.0540 e. The molecule has 4 fully saturated rings. The number of rotatable bonds is 6. The zero-order valence-electron chi connectivity index (χ0n) is 30.5. The molecule has 0 N–H and O–H groups in total. The first-order valence-electron chi connectivity index (χ1n) is 20.2. The van der Waals surface area contributed by atoms with Crippen molar-refractivity contribution in [2.24, 2.45) is 29.1 Å². The molecule has 0 aromatic heterocycles. The van der Waals surface area contributed by atoms with E-state index in [4.69, 9.17) is 0 Å². The van der Waals surface area contributed by atoms with Crippen molar-refractivity contribution in [2.75, 3.05) is 4.90 Å². The van der Waals surface area contributed by atoms with Gasteiger partial charge in [0.05, 0.1) is 5.69 Å². The molecule has 260 valence electrons. The van der Waals surface area contributed by atoms with Gasteiger partial charge < -0.3 is 4.90 Å². The van der Waals surface area contributed by atoms with Crippen LogP contribution in [0.3, 0.4) is 0 Å². The molecular formula is C53H43N. The lowest BCUT2D eigenvalue weighted by Gasteiger charge is -2.54. The van der Waals surface area contributed by atoms with Gasteiger partial charge in [-0.2, -0.15) is 0 Å². The third-order valence-electron chi connectivity index (χ3n) is 14.8. The molecule has 1 nitrogen and oxygen atoms in total. The van der Waals surface area contributed by atoms with Crippen LogP contribution in [-0.4, -0.2) is 0 Å². The van der Waals surface area contributed by atoms with Crippen LogP contribution >= 0.6 is 0 Å². The quantitative estimate of drug-likeness (QED) is 0.168. The molecule has 0 saturated heterocycles. The Labute approximate surface area is 319 Å². The Balaban J connectivity index is 1.08. The van der Waals surface area contributed by atoms with E-state index >= 15 is 0 Å². The minimum absolute atomic E-state index is 0.167. The highest BCUT2D eigenvalue weighted by Gasteiger charge is 2.76. The van der Waals surface area contributed by atoms with Gasteiger partial charge in [0.2, 0.25) is 0 Å². The Bertz CT molecular complexity index is 2570. The molecule has 1 heteroatoms. The molecule has 6 atom stereocenters. The van der Waals surface area contributed by atoms with Crippen LogP contribution < -0.4 is 4.90 Å². The molecule has 5 aliphatic rings. The van der Waals surface area contributed by atoms with Gasteiger partial charge >= 0.3 is 0 Å². The van der Waals surface area contributed by atoms with Crippen molar-refractivity contribution in [2.45, 2.75) is 37.5 Å². The van der Waals surface area contributed by atoms with Gasteiger partial charge in [0.15, 0.2) is 0 Å². The highest BCUT2D eigenvalue weighted by Crippen LogP contribution is 2.83. The maximum atomic E-state index is 2.58. The summed E-state index contributed by atoms with van der Waals surface area (Å²) in [4.78, 5) is 2.53. The third-order valence-corrected chi connectivity index (χ3v) is 14.8. The zero-order valence-corrected chi connectivity index (χ0v) is 30.5. The Hall–Kier alpha value is -5.66. The predicted molar refractivity (Wildman–Crippen MR) is 223 cm³/mol. The largest absolute Gasteiger partial charge is 0.310 e. The number of hydrogen-bond donors (Lipinski definition) is 0. The minimum atomic E-state index is 0.167. The summed E-state index contributed by atoms with van der Waals surface area (Å²) in [6.07, 6.45) is 7.27. The maximum absolute atomic E-state index is 2.58. The van der Waals surface area contributed by atoms with E-state index in [2.05, 4.69) is 181 Å². The van der Waals surface area contributed by atoms with E-state index in [1.54, 1.807) is 11.1 Å². The first-order valence-corrected chi connectivity index (χ1v) is 20.2. The monoisotopic (exact) mass is 693 g/mol. The SMILES string of the molecule is c1ccc(-c2cccc(N(c3ccc4c(c3)-c3ccccc3C43C4CC5CC6CC3C6(C5)C4)c3ccc(-c4ccccc4)cc3-c3ccccc3)c2)cc1. The van der Waals surface area contributed by atoms with Crippen LogP contribution in [0.15, 0.2) is 176 Å². The van der Waals surface area contributed by atoms with Crippen LogP contribution in [-0.2, 0) is 5.41 Å². The third kappa shape index (κ3) is 4.16.